The maximum atomic E-state index is 12.8. The first-order valence-corrected chi connectivity index (χ1v) is 7.85. The van der Waals surface area contributed by atoms with E-state index in [9.17, 15) is 14.4 Å². The molecule has 1 aromatic carbocycles. The van der Waals surface area contributed by atoms with Crippen molar-refractivity contribution in [2.45, 2.75) is 25.8 Å². The van der Waals surface area contributed by atoms with Crippen molar-refractivity contribution >= 4 is 23.6 Å². The molecule has 0 saturated carbocycles. The Morgan fingerprint density at radius 3 is 2.67 bits per heavy atom. The van der Waals surface area contributed by atoms with E-state index in [-0.39, 0.29) is 23.8 Å². The zero-order valence-corrected chi connectivity index (χ0v) is 13.9. The van der Waals surface area contributed by atoms with Crippen LogP contribution in [-0.2, 0) is 14.3 Å². The minimum absolute atomic E-state index is 0.294. The van der Waals surface area contributed by atoms with Crippen LogP contribution in [0.4, 0.5) is 10.5 Å². The molecule has 7 heteroatoms. The van der Waals surface area contributed by atoms with Gasteiger partial charge < -0.3 is 14.4 Å². The summed E-state index contributed by atoms with van der Waals surface area (Å²) < 4.78 is 10.1. The maximum absolute atomic E-state index is 12.8. The van der Waals surface area contributed by atoms with Gasteiger partial charge in [0.15, 0.2) is 0 Å². The Bertz CT molecular complexity index is 702. The monoisotopic (exact) mass is 332 g/mol. The highest BCUT2D eigenvalue weighted by Crippen LogP contribution is 2.37. The number of hydrogen-bond donors (Lipinski definition) is 0. The highest BCUT2D eigenvalue weighted by atomic mass is 16.5. The minimum Gasteiger partial charge on any atom is -0.495 e. The maximum Gasteiger partial charge on any atom is 0.332 e. The molecule has 2 aliphatic rings. The fourth-order valence-electron chi connectivity index (χ4n) is 3.38. The Kier molecular flexibility index (Phi) is 4.17. The molecule has 2 fully saturated rings. The topological polar surface area (TPSA) is 76.2 Å². The predicted octanol–water partition coefficient (Wildman–Crippen LogP) is 1.72. The molecule has 0 aliphatic carbocycles. The molecule has 3 amide bonds. The van der Waals surface area contributed by atoms with Crippen molar-refractivity contribution in [3.05, 3.63) is 23.8 Å². The smallest absolute Gasteiger partial charge is 0.332 e. The number of rotatable bonds is 3. The SMILES string of the molecule is COC(=O)[C@H]1CCN2C(=O)N(c3cc(C)ccc3OC)C(=O)[C@H]2C1. The second-order valence-corrected chi connectivity index (χ2v) is 6.09. The van der Waals surface area contributed by atoms with Gasteiger partial charge in [-0.15, -0.1) is 0 Å². The number of ether oxygens (including phenoxy) is 2. The number of hydrogen-bond acceptors (Lipinski definition) is 5. The molecule has 24 heavy (non-hydrogen) atoms. The van der Waals surface area contributed by atoms with Gasteiger partial charge in [-0.3, -0.25) is 9.59 Å². The first kappa shape index (κ1) is 16.3. The molecule has 2 heterocycles. The molecule has 0 unspecified atom stereocenters. The number of fused-ring (bicyclic) bond motifs is 1. The number of amides is 3. The number of benzene rings is 1. The molecule has 0 bridgehead atoms. The van der Waals surface area contributed by atoms with Crippen molar-refractivity contribution in [3.63, 3.8) is 0 Å². The third kappa shape index (κ3) is 2.50. The highest BCUT2D eigenvalue weighted by molar-refractivity contribution is 6.22. The number of piperidine rings is 1. The number of aryl methyl sites for hydroxylation is 1. The van der Waals surface area contributed by atoms with E-state index in [1.165, 1.54) is 19.1 Å². The molecule has 0 N–H and O–H groups in total. The van der Waals surface area contributed by atoms with Gasteiger partial charge in [0.1, 0.15) is 11.8 Å². The van der Waals surface area contributed by atoms with Crippen LogP contribution in [0.25, 0.3) is 0 Å². The van der Waals surface area contributed by atoms with Crippen LogP contribution in [0, 0.1) is 12.8 Å². The number of imide groups is 1. The lowest BCUT2D eigenvalue weighted by atomic mass is 9.91. The average molecular weight is 332 g/mol. The first-order chi connectivity index (χ1) is 11.5. The van der Waals surface area contributed by atoms with Gasteiger partial charge in [-0.05, 0) is 37.5 Å². The number of methoxy groups -OCH3 is 2. The molecule has 3 rings (SSSR count). The van der Waals surface area contributed by atoms with Crippen LogP contribution >= 0.6 is 0 Å². The molecule has 7 nitrogen and oxygen atoms in total. The normalized spacial score (nSPS) is 23.3. The number of esters is 1. The van der Waals surface area contributed by atoms with Crippen molar-refractivity contribution in [2.75, 3.05) is 25.7 Å². The van der Waals surface area contributed by atoms with Crippen molar-refractivity contribution in [1.29, 1.82) is 0 Å². The summed E-state index contributed by atoms with van der Waals surface area (Å²) in [4.78, 5) is 40.0. The van der Waals surface area contributed by atoms with Gasteiger partial charge in [0.25, 0.3) is 5.91 Å². The summed E-state index contributed by atoms with van der Waals surface area (Å²) in [5.41, 5.74) is 1.36. The van der Waals surface area contributed by atoms with Crippen LogP contribution < -0.4 is 9.64 Å². The Balaban J connectivity index is 1.93. The molecule has 2 aliphatic heterocycles. The lowest BCUT2D eigenvalue weighted by Gasteiger charge is -2.30. The molecule has 2 saturated heterocycles. The second-order valence-electron chi connectivity index (χ2n) is 6.09. The molecule has 128 valence electrons. The summed E-state index contributed by atoms with van der Waals surface area (Å²) in [7, 11) is 2.83. The number of carbonyl (C=O) groups is 3. The Morgan fingerprint density at radius 1 is 1.25 bits per heavy atom. The Morgan fingerprint density at radius 2 is 2.00 bits per heavy atom. The molecule has 0 radical (unpaired) electrons. The summed E-state index contributed by atoms with van der Waals surface area (Å²) >= 11 is 0. The predicted molar refractivity (Wildman–Crippen MR) is 85.8 cm³/mol. The van der Waals surface area contributed by atoms with E-state index < -0.39 is 6.04 Å². The average Bonchev–Trinajstić information content (AvgIpc) is 2.84. The molecular weight excluding hydrogens is 312 g/mol. The van der Waals surface area contributed by atoms with Gasteiger partial charge in [-0.25, -0.2) is 9.69 Å². The summed E-state index contributed by atoms with van der Waals surface area (Å²) in [6.07, 6.45) is 0.795. The Hall–Kier alpha value is -2.57. The van der Waals surface area contributed by atoms with Gasteiger partial charge in [0.05, 0.1) is 25.8 Å². The summed E-state index contributed by atoms with van der Waals surface area (Å²) in [6, 6.07) is 4.36. The van der Waals surface area contributed by atoms with E-state index in [0.717, 1.165) is 10.5 Å². The molecular formula is C17H20N2O5. The quantitative estimate of drug-likeness (QED) is 0.622. The van der Waals surface area contributed by atoms with Crippen LogP contribution in [0.3, 0.4) is 0 Å². The lowest BCUT2D eigenvalue weighted by Crippen LogP contribution is -2.44. The number of urea groups is 1. The van der Waals surface area contributed by atoms with Gasteiger partial charge in [0.2, 0.25) is 0 Å². The molecule has 0 spiro atoms. The minimum atomic E-state index is -0.624. The van der Waals surface area contributed by atoms with Gasteiger partial charge in [0, 0.05) is 6.54 Å². The number of nitrogens with zero attached hydrogens (tertiary/aromatic N) is 2. The van der Waals surface area contributed by atoms with Crippen molar-refractivity contribution in [1.82, 2.24) is 4.90 Å². The van der Waals surface area contributed by atoms with Crippen LogP contribution in [0.15, 0.2) is 18.2 Å². The van der Waals surface area contributed by atoms with Gasteiger partial charge in [-0.1, -0.05) is 6.07 Å². The van der Waals surface area contributed by atoms with E-state index >= 15 is 0 Å². The summed E-state index contributed by atoms with van der Waals surface area (Å²) in [5, 5.41) is 0. The van der Waals surface area contributed by atoms with Crippen LogP contribution in [0.2, 0.25) is 0 Å². The third-order valence-corrected chi connectivity index (χ3v) is 4.65. The number of carbonyl (C=O) groups excluding carboxylic acids is 3. The molecule has 2 atom stereocenters. The third-order valence-electron chi connectivity index (χ3n) is 4.65. The van der Waals surface area contributed by atoms with Crippen molar-refractivity contribution in [3.8, 4) is 5.75 Å². The van der Waals surface area contributed by atoms with Crippen molar-refractivity contribution < 1.29 is 23.9 Å². The van der Waals surface area contributed by atoms with E-state index in [2.05, 4.69) is 0 Å². The highest BCUT2D eigenvalue weighted by Gasteiger charge is 2.50. The van der Waals surface area contributed by atoms with Crippen LogP contribution in [0.1, 0.15) is 18.4 Å². The van der Waals surface area contributed by atoms with E-state index in [1.807, 2.05) is 13.0 Å². The Labute approximate surface area is 140 Å². The van der Waals surface area contributed by atoms with Crippen LogP contribution in [0.5, 0.6) is 5.75 Å². The molecule has 0 aromatic heterocycles. The second kappa shape index (κ2) is 6.14. The fraction of sp³-hybridized carbons (Fsp3) is 0.471. The fourth-order valence-corrected chi connectivity index (χ4v) is 3.38. The largest absolute Gasteiger partial charge is 0.495 e. The molecule has 1 aromatic rings. The van der Waals surface area contributed by atoms with E-state index in [0.29, 0.717) is 30.8 Å². The zero-order valence-electron chi connectivity index (χ0n) is 13.9. The van der Waals surface area contributed by atoms with Gasteiger partial charge >= 0.3 is 12.0 Å². The summed E-state index contributed by atoms with van der Waals surface area (Å²) in [6.45, 7) is 2.24. The van der Waals surface area contributed by atoms with Gasteiger partial charge in [-0.2, -0.15) is 0 Å². The van der Waals surface area contributed by atoms with Crippen molar-refractivity contribution in [2.24, 2.45) is 5.92 Å². The van der Waals surface area contributed by atoms with E-state index in [4.69, 9.17) is 9.47 Å². The van der Waals surface area contributed by atoms with E-state index in [1.54, 1.807) is 12.1 Å². The first-order valence-electron chi connectivity index (χ1n) is 7.85. The zero-order chi connectivity index (χ0) is 17.4. The lowest BCUT2D eigenvalue weighted by molar-refractivity contribution is -0.147. The summed E-state index contributed by atoms with van der Waals surface area (Å²) in [5.74, 6) is -0.544. The van der Waals surface area contributed by atoms with Crippen LogP contribution in [-0.4, -0.2) is 49.6 Å². The number of anilines is 1. The standard InChI is InChI=1S/C17H20N2O5/c1-10-4-5-14(23-2)12(8-10)19-15(20)13-9-11(16(21)24-3)6-7-18(13)17(19)22/h4-5,8,11,13H,6-7,9H2,1-3H3/t11-,13+/m0/s1.